The van der Waals surface area contributed by atoms with Crippen molar-refractivity contribution < 1.29 is 35.9 Å². The Kier molecular flexibility index (Phi) is 6.24. The molecule has 1 atom stereocenters. The molecule has 0 unspecified atom stereocenters. The lowest BCUT2D eigenvalue weighted by molar-refractivity contribution is -0.153. The van der Waals surface area contributed by atoms with Crippen LogP contribution in [0.5, 0.6) is 5.75 Å². The second-order valence-electron chi connectivity index (χ2n) is 9.90. The highest BCUT2D eigenvalue weighted by molar-refractivity contribution is 7.91. The third kappa shape index (κ3) is 5.22. The van der Waals surface area contributed by atoms with Crippen LogP contribution in [0.25, 0.3) is 5.82 Å². The van der Waals surface area contributed by atoms with Crippen molar-refractivity contribution in [3.8, 4) is 11.6 Å². The largest absolute Gasteiger partial charge is 0.484 e. The third-order valence-corrected chi connectivity index (χ3v) is 7.58. The summed E-state index contributed by atoms with van der Waals surface area (Å²) in [5.74, 6) is -1.75. The van der Waals surface area contributed by atoms with Gasteiger partial charge in [-0.2, -0.15) is 28.1 Å². The van der Waals surface area contributed by atoms with Gasteiger partial charge in [0.1, 0.15) is 17.1 Å². The van der Waals surface area contributed by atoms with Crippen LogP contribution in [0.1, 0.15) is 39.3 Å². The molecule has 0 saturated heterocycles. The summed E-state index contributed by atoms with van der Waals surface area (Å²) in [4.78, 5) is 26.1. The molecule has 2 N–H and O–H groups in total. The lowest BCUT2D eigenvalue weighted by atomic mass is 9.82. The van der Waals surface area contributed by atoms with E-state index in [2.05, 4.69) is 20.8 Å². The van der Waals surface area contributed by atoms with Crippen molar-refractivity contribution in [2.24, 2.45) is 7.05 Å². The average Bonchev–Trinajstić information content (AvgIpc) is 3.45. The number of carbonyl (C=O) groups is 2. The zero-order chi connectivity index (χ0) is 28.3. The molecule has 11 nitrogen and oxygen atoms in total. The normalized spacial score (nSPS) is 18.6. The molecule has 1 aliphatic heterocycles. The highest BCUT2D eigenvalue weighted by atomic mass is 32.2. The summed E-state index contributed by atoms with van der Waals surface area (Å²) in [6.07, 6.45) is -2.34. The van der Waals surface area contributed by atoms with Crippen molar-refractivity contribution in [2.75, 3.05) is 23.9 Å². The van der Waals surface area contributed by atoms with E-state index in [-0.39, 0.29) is 23.6 Å². The molecule has 1 aromatic carbocycles. The fraction of sp³-hybridized carbons (Fsp3) is 0.417. The van der Waals surface area contributed by atoms with E-state index in [1.807, 2.05) is 6.92 Å². The molecule has 2 amide bonds. The molecule has 1 spiro atoms. The maximum absolute atomic E-state index is 13.5. The van der Waals surface area contributed by atoms with Gasteiger partial charge in [0, 0.05) is 31.5 Å². The maximum atomic E-state index is 13.5. The number of nitrogens with one attached hydrogen (secondary N) is 2. The summed E-state index contributed by atoms with van der Waals surface area (Å²) >= 11 is 0. The zero-order valence-electron chi connectivity index (χ0n) is 21.2. The van der Waals surface area contributed by atoms with Crippen molar-refractivity contribution >= 4 is 27.5 Å². The minimum absolute atomic E-state index is 0.00165. The molecule has 1 aliphatic carbocycles. The SMILES string of the molecule is Cc1cc(-n2nc3c(c2NC(=O)CS(C)(=O)=O)C(=O)N[C@@]2(CCc4cc(OCC(F)(F)F)ccc42)C3)nn1C. The van der Waals surface area contributed by atoms with Crippen LogP contribution in [0.3, 0.4) is 0 Å². The van der Waals surface area contributed by atoms with E-state index >= 15 is 0 Å². The van der Waals surface area contributed by atoms with E-state index in [4.69, 9.17) is 4.74 Å². The lowest BCUT2D eigenvalue weighted by Gasteiger charge is -2.35. The van der Waals surface area contributed by atoms with Crippen LogP contribution in [0.15, 0.2) is 24.3 Å². The maximum Gasteiger partial charge on any atom is 0.422 e. The van der Waals surface area contributed by atoms with E-state index in [0.717, 1.165) is 23.1 Å². The van der Waals surface area contributed by atoms with Gasteiger partial charge in [0.25, 0.3) is 5.91 Å². The van der Waals surface area contributed by atoms with Crippen LogP contribution in [-0.2, 0) is 40.1 Å². The van der Waals surface area contributed by atoms with E-state index in [1.54, 1.807) is 29.9 Å². The number of rotatable bonds is 6. The van der Waals surface area contributed by atoms with Crippen molar-refractivity contribution in [3.63, 3.8) is 0 Å². The predicted molar refractivity (Wildman–Crippen MR) is 133 cm³/mol. The van der Waals surface area contributed by atoms with Gasteiger partial charge in [-0.25, -0.2) is 8.42 Å². The monoisotopic (exact) mass is 566 g/mol. The average molecular weight is 567 g/mol. The molecule has 2 aromatic heterocycles. The number of aromatic nitrogens is 4. The van der Waals surface area contributed by atoms with Gasteiger partial charge in [0.2, 0.25) is 5.91 Å². The second-order valence-corrected chi connectivity index (χ2v) is 12.0. The lowest BCUT2D eigenvalue weighted by Crippen LogP contribution is -2.49. The number of amides is 2. The summed E-state index contributed by atoms with van der Waals surface area (Å²) < 4.78 is 68.9. The molecular formula is C24H25F3N6O5S. The first-order valence-electron chi connectivity index (χ1n) is 11.9. The van der Waals surface area contributed by atoms with Crippen LogP contribution < -0.4 is 15.4 Å². The Labute approximate surface area is 221 Å². The van der Waals surface area contributed by atoms with E-state index < -0.39 is 45.7 Å². The number of fused-ring (bicyclic) bond motifs is 3. The number of carbonyl (C=O) groups excluding carboxylic acids is 2. The quantitative estimate of drug-likeness (QED) is 0.466. The van der Waals surface area contributed by atoms with Gasteiger partial charge in [0.15, 0.2) is 28.1 Å². The van der Waals surface area contributed by atoms with Crippen LogP contribution in [0.4, 0.5) is 19.0 Å². The first-order chi connectivity index (χ1) is 18.1. The summed E-state index contributed by atoms with van der Waals surface area (Å²) in [6, 6.07) is 6.33. The molecule has 0 fully saturated rings. The molecule has 2 aliphatic rings. The Morgan fingerprint density at radius 1 is 1.26 bits per heavy atom. The first-order valence-corrected chi connectivity index (χ1v) is 14.0. The van der Waals surface area contributed by atoms with Crippen LogP contribution >= 0.6 is 0 Å². The third-order valence-electron chi connectivity index (χ3n) is 6.79. The highest BCUT2D eigenvalue weighted by Crippen LogP contribution is 2.44. The Morgan fingerprint density at radius 3 is 2.64 bits per heavy atom. The number of aryl methyl sites for hydroxylation is 3. The molecule has 3 heterocycles. The summed E-state index contributed by atoms with van der Waals surface area (Å²) in [5.41, 5.74) is 1.86. The van der Waals surface area contributed by atoms with Crippen molar-refractivity contribution in [2.45, 2.75) is 37.9 Å². The molecular weight excluding hydrogens is 541 g/mol. The molecule has 15 heteroatoms. The van der Waals surface area contributed by atoms with Crippen LogP contribution in [0, 0.1) is 6.92 Å². The number of halogens is 3. The van der Waals surface area contributed by atoms with Crippen molar-refractivity contribution in [1.82, 2.24) is 24.9 Å². The van der Waals surface area contributed by atoms with Gasteiger partial charge in [-0.1, -0.05) is 6.07 Å². The topological polar surface area (TPSA) is 137 Å². The minimum atomic E-state index is -4.46. The number of anilines is 1. The number of hydrogen-bond donors (Lipinski definition) is 2. The molecule has 39 heavy (non-hydrogen) atoms. The van der Waals surface area contributed by atoms with E-state index in [0.29, 0.717) is 24.4 Å². The van der Waals surface area contributed by atoms with Crippen molar-refractivity contribution in [3.05, 3.63) is 52.3 Å². The standard InChI is InChI=1S/C24H25F3N6O5S/c1-13-8-18(31-32(13)2)33-21(28-19(34)11-39(3,36)37)20-17(30-33)10-23(29-22(20)35)7-6-14-9-15(4-5-16(14)23)38-12-24(25,26)27/h4-5,8-9H,6-7,10-12H2,1-3H3,(H,28,34)(H,29,35)/t23-/m0/s1. The number of alkyl halides is 3. The zero-order valence-corrected chi connectivity index (χ0v) is 22.0. The number of benzene rings is 1. The number of hydrogen-bond acceptors (Lipinski definition) is 7. The summed E-state index contributed by atoms with van der Waals surface area (Å²) in [7, 11) is -1.93. The van der Waals surface area contributed by atoms with Crippen molar-refractivity contribution in [1.29, 1.82) is 0 Å². The first kappa shape index (κ1) is 26.7. The Morgan fingerprint density at radius 2 is 2.00 bits per heavy atom. The van der Waals surface area contributed by atoms with Crippen LogP contribution in [-0.4, -0.2) is 64.6 Å². The molecule has 208 valence electrons. The second kappa shape index (κ2) is 9.10. The number of sulfone groups is 1. The Hall–Kier alpha value is -3.88. The Bertz CT molecular complexity index is 1590. The molecule has 5 rings (SSSR count). The highest BCUT2D eigenvalue weighted by Gasteiger charge is 2.47. The van der Waals surface area contributed by atoms with Gasteiger partial charge in [-0.05, 0) is 43.0 Å². The van der Waals surface area contributed by atoms with Gasteiger partial charge >= 0.3 is 6.18 Å². The minimum Gasteiger partial charge on any atom is -0.484 e. The molecule has 3 aromatic rings. The van der Waals surface area contributed by atoms with Gasteiger partial charge in [0.05, 0.1) is 11.2 Å². The fourth-order valence-corrected chi connectivity index (χ4v) is 5.61. The summed E-state index contributed by atoms with van der Waals surface area (Å²) in [6.45, 7) is 0.404. The smallest absolute Gasteiger partial charge is 0.422 e. The number of nitrogens with zero attached hydrogens (tertiary/aromatic N) is 4. The fourth-order valence-electron chi connectivity index (χ4n) is 5.06. The molecule has 0 saturated carbocycles. The predicted octanol–water partition coefficient (Wildman–Crippen LogP) is 1.97. The van der Waals surface area contributed by atoms with E-state index in [9.17, 15) is 31.2 Å². The van der Waals surface area contributed by atoms with E-state index in [1.165, 1.54) is 10.7 Å². The Balaban J connectivity index is 1.52. The summed E-state index contributed by atoms with van der Waals surface area (Å²) in [5, 5.41) is 14.5. The van der Waals surface area contributed by atoms with Gasteiger partial charge in [-0.3, -0.25) is 14.3 Å². The molecule has 0 radical (unpaired) electrons. The van der Waals surface area contributed by atoms with Crippen LogP contribution in [0.2, 0.25) is 0 Å². The van der Waals surface area contributed by atoms with Gasteiger partial charge < -0.3 is 15.4 Å². The molecule has 0 bridgehead atoms. The number of ether oxygens (including phenoxy) is 1. The van der Waals surface area contributed by atoms with Gasteiger partial charge in [-0.15, -0.1) is 0 Å².